The highest BCUT2D eigenvalue weighted by Gasteiger charge is 2.26. The molecule has 8 heteroatoms. The summed E-state index contributed by atoms with van der Waals surface area (Å²) in [6, 6.07) is 2.22. The van der Waals surface area contributed by atoms with Gasteiger partial charge in [0, 0.05) is 37.8 Å². The van der Waals surface area contributed by atoms with Crippen LogP contribution in [0.4, 0.5) is 13.9 Å². The van der Waals surface area contributed by atoms with E-state index in [4.69, 9.17) is 4.74 Å². The zero-order chi connectivity index (χ0) is 17.1. The van der Waals surface area contributed by atoms with Crippen molar-refractivity contribution in [3.8, 4) is 5.75 Å². The number of ether oxygens (including phenoxy) is 1. The zero-order valence-corrected chi connectivity index (χ0v) is 14.0. The minimum absolute atomic E-state index is 0.170. The molecular formula is C16H17F2N3O2S. The maximum absolute atomic E-state index is 14.3. The average Bonchev–Trinajstić information content (AvgIpc) is 2.99. The van der Waals surface area contributed by atoms with Crippen LogP contribution in [0.5, 0.6) is 5.75 Å². The summed E-state index contributed by atoms with van der Waals surface area (Å²) in [5.74, 6) is -2.76. The number of amides is 1. The van der Waals surface area contributed by atoms with Crippen molar-refractivity contribution in [2.24, 2.45) is 0 Å². The molecule has 0 radical (unpaired) electrons. The number of hydrogen-bond donors (Lipinski definition) is 0. The largest absolute Gasteiger partial charge is 0.491 e. The van der Waals surface area contributed by atoms with E-state index >= 15 is 0 Å². The fourth-order valence-electron chi connectivity index (χ4n) is 2.74. The minimum atomic E-state index is -0.955. The van der Waals surface area contributed by atoms with Gasteiger partial charge in [0.15, 0.2) is 22.5 Å². The molecule has 1 aliphatic rings. The van der Waals surface area contributed by atoms with Crippen LogP contribution in [-0.4, -0.2) is 49.1 Å². The summed E-state index contributed by atoms with van der Waals surface area (Å²) < 4.78 is 32.5. The lowest BCUT2D eigenvalue weighted by Gasteiger charge is -2.22. The van der Waals surface area contributed by atoms with Crippen LogP contribution in [0.25, 0.3) is 0 Å². The Hall–Kier alpha value is -2.22. The van der Waals surface area contributed by atoms with Gasteiger partial charge in [-0.25, -0.2) is 13.8 Å². The molecule has 1 aromatic carbocycles. The summed E-state index contributed by atoms with van der Waals surface area (Å²) in [6.45, 7) is 2.38. The molecule has 0 spiro atoms. The summed E-state index contributed by atoms with van der Waals surface area (Å²) in [5.41, 5.74) is -0.170. The van der Waals surface area contributed by atoms with Gasteiger partial charge in [0.2, 0.25) is 0 Å². The number of benzene rings is 1. The molecule has 1 aromatic heterocycles. The third-order valence-electron chi connectivity index (χ3n) is 3.96. The molecule has 128 valence electrons. The van der Waals surface area contributed by atoms with E-state index in [1.165, 1.54) is 13.2 Å². The Morgan fingerprint density at radius 3 is 2.79 bits per heavy atom. The summed E-state index contributed by atoms with van der Waals surface area (Å²) in [5, 5.41) is 2.82. The van der Waals surface area contributed by atoms with Gasteiger partial charge in [0.1, 0.15) is 0 Å². The first kappa shape index (κ1) is 16.6. The van der Waals surface area contributed by atoms with Crippen LogP contribution in [-0.2, 0) is 0 Å². The van der Waals surface area contributed by atoms with E-state index in [1.807, 2.05) is 5.38 Å². The van der Waals surface area contributed by atoms with Crippen molar-refractivity contribution >= 4 is 22.4 Å². The number of rotatable bonds is 3. The molecular weight excluding hydrogens is 336 g/mol. The van der Waals surface area contributed by atoms with Crippen molar-refractivity contribution in [2.45, 2.75) is 6.42 Å². The van der Waals surface area contributed by atoms with Crippen LogP contribution in [0.15, 0.2) is 23.7 Å². The van der Waals surface area contributed by atoms with Crippen molar-refractivity contribution in [2.75, 3.05) is 38.2 Å². The highest BCUT2D eigenvalue weighted by molar-refractivity contribution is 7.13. The third kappa shape index (κ3) is 3.19. The van der Waals surface area contributed by atoms with E-state index in [1.54, 1.807) is 22.4 Å². The van der Waals surface area contributed by atoms with Crippen LogP contribution < -0.4 is 9.64 Å². The number of thiazole rings is 1. The van der Waals surface area contributed by atoms with E-state index in [0.717, 1.165) is 24.2 Å². The lowest BCUT2D eigenvalue weighted by molar-refractivity contribution is 0.0761. The van der Waals surface area contributed by atoms with Crippen molar-refractivity contribution in [3.63, 3.8) is 0 Å². The van der Waals surface area contributed by atoms with E-state index in [-0.39, 0.29) is 5.56 Å². The summed E-state index contributed by atoms with van der Waals surface area (Å²) >= 11 is 1.55. The van der Waals surface area contributed by atoms with E-state index in [9.17, 15) is 13.6 Å². The fraction of sp³-hybridized carbons (Fsp3) is 0.375. The molecule has 1 amide bonds. The molecule has 2 heterocycles. The molecule has 2 aromatic rings. The second-order valence-electron chi connectivity index (χ2n) is 5.39. The smallest absolute Gasteiger partial charge is 0.257 e. The Bertz CT molecular complexity index is 724. The molecule has 3 rings (SSSR count). The number of hydrogen-bond acceptors (Lipinski definition) is 5. The number of carbonyl (C=O) groups is 1. The Morgan fingerprint density at radius 2 is 2.08 bits per heavy atom. The predicted molar refractivity (Wildman–Crippen MR) is 87.8 cm³/mol. The quantitative estimate of drug-likeness (QED) is 0.851. The topological polar surface area (TPSA) is 45.7 Å². The van der Waals surface area contributed by atoms with Gasteiger partial charge in [0.05, 0.1) is 12.7 Å². The molecule has 0 atom stereocenters. The highest BCUT2D eigenvalue weighted by atomic mass is 32.1. The van der Waals surface area contributed by atoms with E-state index in [0.29, 0.717) is 19.6 Å². The second-order valence-corrected chi connectivity index (χ2v) is 6.26. The first-order chi connectivity index (χ1) is 11.6. The first-order valence-electron chi connectivity index (χ1n) is 7.57. The maximum Gasteiger partial charge on any atom is 0.257 e. The predicted octanol–water partition coefficient (Wildman–Crippen LogP) is 2.78. The van der Waals surface area contributed by atoms with Gasteiger partial charge < -0.3 is 14.5 Å². The number of anilines is 1. The molecule has 0 saturated carbocycles. The van der Waals surface area contributed by atoms with Crippen LogP contribution in [0.2, 0.25) is 0 Å². The Kier molecular flexibility index (Phi) is 4.94. The lowest BCUT2D eigenvalue weighted by Crippen LogP contribution is -2.35. The van der Waals surface area contributed by atoms with E-state index < -0.39 is 23.3 Å². The first-order valence-corrected chi connectivity index (χ1v) is 8.45. The zero-order valence-electron chi connectivity index (χ0n) is 13.2. The number of carbonyl (C=O) groups excluding carboxylic acids is 1. The number of aromatic nitrogens is 1. The lowest BCUT2D eigenvalue weighted by atomic mass is 10.1. The normalized spacial score (nSPS) is 15.3. The van der Waals surface area contributed by atoms with Crippen molar-refractivity contribution in [1.29, 1.82) is 0 Å². The van der Waals surface area contributed by atoms with Gasteiger partial charge in [-0.3, -0.25) is 4.79 Å². The fourth-order valence-corrected chi connectivity index (χ4v) is 3.44. The van der Waals surface area contributed by atoms with Crippen molar-refractivity contribution < 1.29 is 18.3 Å². The monoisotopic (exact) mass is 353 g/mol. The summed E-state index contributed by atoms with van der Waals surface area (Å²) in [4.78, 5) is 20.6. The highest BCUT2D eigenvalue weighted by Crippen LogP contribution is 2.26. The Balaban J connectivity index is 1.76. The SMILES string of the molecule is COc1c(F)ccc(C(=O)N2CCCN(c3nccs3)CC2)c1F. The van der Waals surface area contributed by atoms with Gasteiger partial charge in [0.25, 0.3) is 5.91 Å². The van der Waals surface area contributed by atoms with Crippen LogP contribution in [0.1, 0.15) is 16.8 Å². The molecule has 1 aliphatic heterocycles. The standard InChI is InChI=1S/C16H17F2N3O2S/c1-23-14-12(17)4-3-11(13(14)18)15(22)20-6-2-7-21(9-8-20)16-19-5-10-24-16/h3-5,10H,2,6-9H2,1H3. The van der Waals surface area contributed by atoms with Gasteiger partial charge in [-0.2, -0.15) is 0 Å². The molecule has 24 heavy (non-hydrogen) atoms. The number of halogens is 2. The van der Waals surface area contributed by atoms with Gasteiger partial charge in [-0.15, -0.1) is 11.3 Å². The van der Waals surface area contributed by atoms with Gasteiger partial charge in [-0.05, 0) is 18.6 Å². The Labute approximate surface area is 142 Å². The molecule has 0 aliphatic carbocycles. The Morgan fingerprint density at radius 1 is 1.25 bits per heavy atom. The molecule has 5 nitrogen and oxygen atoms in total. The molecule has 1 fully saturated rings. The molecule has 1 saturated heterocycles. The molecule has 0 unspecified atom stereocenters. The van der Waals surface area contributed by atoms with E-state index in [2.05, 4.69) is 9.88 Å². The van der Waals surface area contributed by atoms with Crippen molar-refractivity contribution in [1.82, 2.24) is 9.88 Å². The summed E-state index contributed by atoms with van der Waals surface area (Å²) in [6.07, 6.45) is 2.50. The van der Waals surface area contributed by atoms with Crippen LogP contribution >= 0.6 is 11.3 Å². The van der Waals surface area contributed by atoms with Gasteiger partial charge in [-0.1, -0.05) is 0 Å². The average molecular weight is 353 g/mol. The van der Waals surface area contributed by atoms with Crippen LogP contribution in [0, 0.1) is 11.6 Å². The maximum atomic E-state index is 14.3. The number of methoxy groups -OCH3 is 1. The van der Waals surface area contributed by atoms with Crippen molar-refractivity contribution in [3.05, 3.63) is 40.9 Å². The molecule has 0 N–H and O–H groups in total. The summed E-state index contributed by atoms with van der Waals surface area (Å²) in [7, 11) is 1.17. The second kappa shape index (κ2) is 7.12. The van der Waals surface area contributed by atoms with Gasteiger partial charge >= 0.3 is 0 Å². The third-order valence-corrected chi connectivity index (χ3v) is 4.79. The van der Waals surface area contributed by atoms with Crippen LogP contribution in [0.3, 0.4) is 0 Å². The number of nitrogens with zero attached hydrogens (tertiary/aromatic N) is 3. The molecule has 0 bridgehead atoms. The minimum Gasteiger partial charge on any atom is -0.491 e.